The fourth-order valence-corrected chi connectivity index (χ4v) is 0.999. The summed E-state index contributed by atoms with van der Waals surface area (Å²) < 4.78 is 4.70. The van der Waals surface area contributed by atoms with Gasteiger partial charge in [-0.3, -0.25) is 0 Å². The largest absolute Gasteiger partial charge is 0.448 e. The Morgan fingerprint density at radius 2 is 2.50 bits per heavy atom. The van der Waals surface area contributed by atoms with Crippen LogP contribution in [-0.2, 0) is 4.74 Å². The van der Waals surface area contributed by atoms with E-state index < -0.39 is 12.1 Å². The maximum absolute atomic E-state index is 10.9. The lowest BCUT2D eigenvalue weighted by molar-refractivity contribution is 0.132. The smallest absolute Gasteiger partial charge is 0.409 e. The second-order valence-electron chi connectivity index (χ2n) is 2.96. The number of hydrogen-bond acceptors (Lipinski definition) is 4. The number of rotatable bonds is 3. The van der Waals surface area contributed by atoms with Crippen molar-refractivity contribution in [3.63, 3.8) is 0 Å². The number of nitrogens with zero attached hydrogens (tertiary/aromatic N) is 1. The third-order valence-electron chi connectivity index (χ3n) is 1.90. The van der Waals surface area contributed by atoms with Gasteiger partial charge in [0.2, 0.25) is 0 Å². The quantitative estimate of drug-likeness (QED) is 0.584. The third-order valence-corrected chi connectivity index (χ3v) is 1.90. The zero-order chi connectivity index (χ0) is 9.14. The molecule has 0 bridgehead atoms. The number of amides is 1. The van der Waals surface area contributed by atoms with E-state index >= 15 is 0 Å². The maximum atomic E-state index is 10.9. The summed E-state index contributed by atoms with van der Waals surface area (Å²) in [6.45, 7) is 2.95. The molecule has 1 aliphatic rings. The van der Waals surface area contributed by atoms with Gasteiger partial charge in [-0.15, -0.1) is 0 Å². The van der Waals surface area contributed by atoms with Crippen molar-refractivity contribution in [3.05, 3.63) is 0 Å². The van der Waals surface area contributed by atoms with Gasteiger partial charge in [-0.1, -0.05) is 0 Å². The fourth-order valence-electron chi connectivity index (χ4n) is 0.999. The number of ether oxygens (including phenoxy) is 1. The van der Waals surface area contributed by atoms with Gasteiger partial charge in [-0.25, -0.2) is 4.79 Å². The van der Waals surface area contributed by atoms with Crippen LogP contribution in [0.5, 0.6) is 0 Å². The number of cyclic esters (lactones) is 1. The van der Waals surface area contributed by atoms with Gasteiger partial charge in [-0.05, 0) is 6.92 Å². The highest BCUT2D eigenvalue weighted by Crippen LogP contribution is 2.04. The highest BCUT2D eigenvalue weighted by atomic mass is 16.6. The Kier molecular flexibility index (Phi) is 2.88. The summed E-state index contributed by atoms with van der Waals surface area (Å²) in [5, 5.41) is 9.06. The van der Waals surface area contributed by atoms with Crippen molar-refractivity contribution < 1.29 is 14.6 Å². The van der Waals surface area contributed by atoms with Crippen molar-refractivity contribution in [2.45, 2.75) is 19.1 Å². The van der Waals surface area contributed by atoms with E-state index in [0.717, 1.165) is 0 Å². The van der Waals surface area contributed by atoms with Crippen LogP contribution in [0.25, 0.3) is 0 Å². The Labute approximate surface area is 71.1 Å². The molecule has 0 aromatic rings. The number of carbonyl (C=O) groups is 1. The first-order valence-corrected chi connectivity index (χ1v) is 3.96. The van der Waals surface area contributed by atoms with Gasteiger partial charge in [0, 0.05) is 12.6 Å². The summed E-state index contributed by atoms with van der Waals surface area (Å²) in [6.07, 6.45) is -0.940. The molecule has 2 atom stereocenters. The minimum Gasteiger partial charge on any atom is -0.448 e. The predicted molar refractivity (Wildman–Crippen MR) is 42.6 cm³/mol. The molecule has 3 N–H and O–H groups in total. The van der Waals surface area contributed by atoms with Crippen LogP contribution in [0.2, 0.25) is 0 Å². The van der Waals surface area contributed by atoms with Crippen molar-refractivity contribution in [1.82, 2.24) is 4.90 Å². The predicted octanol–water partition coefficient (Wildman–Crippen LogP) is -0.853. The number of hydrogen-bond donors (Lipinski definition) is 2. The topological polar surface area (TPSA) is 75.8 Å². The molecule has 5 heteroatoms. The van der Waals surface area contributed by atoms with Crippen molar-refractivity contribution in [3.8, 4) is 0 Å². The monoisotopic (exact) mass is 174 g/mol. The van der Waals surface area contributed by atoms with E-state index in [2.05, 4.69) is 0 Å². The van der Waals surface area contributed by atoms with Crippen LogP contribution in [0.3, 0.4) is 0 Å². The van der Waals surface area contributed by atoms with E-state index in [1.165, 1.54) is 4.90 Å². The standard InChI is InChI=1S/C7H14N2O3/c1-5(10)6(8)4-9-2-3-12-7(9)11/h5-6,10H,2-4,8H2,1H3. The van der Waals surface area contributed by atoms with Crippen LogP contribution in [0.15, 0.2) is 0 Å². The lowest BCUT2D eigenvalue weighted by atomic mass is 10.2. The molecule has 0 aromatic heterocycles. The zero-order valence-corrected chi connectivity index (χ0v) is 7.06. The van der Waals surface area contributed by atoms with Gasteiger partial charge in [0.25, 0.3) is 0 Å². The molecule has 1 amide bonds. The van der Waals surface area contributed by atoms with Gasteiger partial charge in [0.15, 0.2) is 0 Å². The van der Waals surface area contributed by atoms with Gasteiger partial charge in [0.05, 0.1) is 12.6 Å². The van der Waals surface area contributed by atoms with Crippen molar-refractivity contribution in [1.29, 1.82) is 0 Å². The molecule has 2 unspecified atom stereocenters. The summed E-state index contributed by atoms with van der Waals surface area (Å²) in [4.78, 5) is 12.4. The first-order valence-electron chi connectivity index (χ1n) is 3.96. The molecule has 0 radical (unpaired) electrons. The van der Waals surface area contributed by atoms with Gasteiger partial charge < -0.3 is 20.5 Å². The summed E-state index contributed by atoms with van der Waals surface area (Å²) in [6, 6.07) is -0.393. The molecule has 0 saturated carbocycles. The molecule has 1 rings (SSSR count). The SMILES string of the molecule is CC(O)C(N)CN1CCOC1=O. The zero-order valence-electron chi connectivity index (χ0n) is 7.06. The molecule has 0 aromatic carbocycles. The van der Waals surface area contributed by atoms with Crippen molar-refractivity contribution in [2.24, 2.45) is 5.73 Å². The highest BCUT2D eigenvalue weighted by molar-refractivity contribution is 5.69. The second-order valence-corrected chi connectivity index (χ2v) is 2.96. The van der Waals surface area contributed by atoms with Crippen LogP contribution < -0.4 is 5.73 Å². The molecule has 70 valence electrons. The van der Waals surface area contributed by atoms with E-state index in [-0.39, 0.29) is 6.09 Å². The lowest BCUT2D eigenvalue weighted by Crippen LogP contribution is -2.44. The second kappa shape index (κ2) is 3.73. The molecule has 1 heterocycles. The first-order chi connectivity index (χ1) is 5.61. The van der Waals surface area contributed by atoms with E-state index in [4.69, 9.17) is 15.6 Å². The van der Waals surface area contributed by atoms with Gasteiger partial charge in [-0.2, -0.15) is 0 Å². The fraction of sp³-hybridized carbons (Fsp3) is 0.857. The molecule has 0 spiro atoms. The molecule has 1 fully saturated rings. The average Bonchev–Trinajstić information content (AvgIpc) is 2.36. The number of nitrogens with two attached hydrogens (primary N) is 1. The van der Waals surface area contributed by atoms with E-state index in [1.54, 1.807) is 6.92 Å². The average molecular weight is 174 g/mol. The van der Waals surface area contributed by atoms with Crippen LogP contribution in [0.4, 0.5) is 4.79 Å². The summed E-state index contributed by atoms with van der Waals surface area (Å²) in [5.41, 5.74) is 5.56. The first kappa shape index (κ1) is 9.28. The molecular formula is C7H14N2O3. The Bertz CT molecular complexity index is 172. The normalized spacial score (nSPS) is 22.2. The molecule has 12 heavy (non-hydrogen) atoms. The number of carbonyl (C=O) groups excluding carboxylic acids is 1. The molecule has 1 aliphatic heterocycles. The van der Waals surface area contributed by atoms with E-state index in [9.17, 15) is 4.79 Å². The Hall–Kier alpha value is -0.810. The van der Waals surface area contributed by atoms with Crippen LogP contribution in [0, 0.1) is 0 Å². The minimum absolute atomic E-state index is 0.342. The molecular weight excluding hydrogens is 160 g/mol. The Balaban J connectivity index is 2.35. The van der Waals surface area contributed by atoms with Crippen LogP contribution in [0.1, 0.15) is 6.92 Å². The maximum Gasteiger partial charge on any atom is 0.409 e. The summed E-state index contributed by atoms with van der Waals surface area (Å²) in [5.74, 6) is 0. The lowest BCUT2D eigenvalue weighted by Gasteiger charge is -2.20. The summed E-state index contributed by atoms with van der Waals surface area (Å²) >= 11 is 0. The van der Waals surface area contributed by atoms with E-state index in [1.807, 2.05) is 0 Å². The highest BCUT2D eigenvalue weighted by Gasteiger charge is 2.24. The summed E-state index contributed by atoms with van der Waals surface area (Å²) in [7, 11) is 0. The Morgan fingerprint density at radius 1 is 1.83 bits per heavy atom. The van der Waals surface area contributed by atoms with Crippen LogP contribution >= 0.6 is 0 Å². The van der Waals surface area contributed by atoms with E-state index in [0.29, 0.717) is 19.7 Å². The van der Waals surface area contributed by atoms with Crippen molar-refractivity contribution in [2.75, 3.05) is 19.7 Å². The van der Waals surface area contributed by atoms with Crippen LogP contribution in [-0.4, -0.2) is 47.9 Å². The minimum atomic E-state index is -0.599. The van der Waals surface area contributed by atoms with Gasteiger partial charge >= 0.3 is 6.09 Å². The molecule has 0 aliphatic carbocycles. The van der Waals surface area contributed by atoms with Crippen molar-refractivity contribution >= 4 is 6.09 Å². The molecule has 5 nitrogen and oxygen atoms in total. The Morgan fingerprint density at radius 3 is 2.92 bits per heavy atom. The number of aliphatic hydroxyl groups is 1. The number of aliphatic hydroxyl groups excluding tert-OH is 1. The molecule has 1 saturated heterocycles. The van der Waals surface area contributed by atoms with Gasteiger partial charge in [0.1, 0.15) is 6.61 Å². The third kappa shape index (κ3) is 2.09.